The average Bonchev–Trinajstić information content (AvgIpc) is 2.30. The van der Waals surface area contributed by atoms with Crippen molar-refractivity contribution in [3.63, 3.8) is 0 Å². The van der Waals surface area contributed by atoms with E-state index in [0.717, 1.165) is 31.4 Å². The zero-order valence-electron chi connectivity index (χ0n) is 9.39. The molecule has 0 unspecified atom stereocenters. The van der Waals surface area contributed by atoms with Gasteiger partial charge in [-0.2, -0.15) is 12.6 Å². The van der Waals surface area contributed by atoms with E-state index in [2.05, 4.69) is 28.6 Å². The van der Waals surface area contributed by atoms with Crippen LogP contribution < -0.4 is 4.74 Å². The standard InChI is InChI=1S/C12H15BrClFOS/c13-9-7-10(14)11(15)8-12(9)16-5-3-1-2-4-6-17/h7-8,17H,1-6H2. The molecule has 1 nitrogen and oxygen atoms in total. The van der Waals surface area contributed by atoms with E-state index in [1.807, 2.05) is 0 Å². The Kier molecular flexibility index (Phi) is 7.32. The Morgan fingerprint density at radius 3 is 2.65 bits per heavy atom. The van der Waals surface area contributed by atoms with Gasteiger partial charge in [0.1, 0.15) is 11.6 Å². The minimum Gasteiger partial charge on any atom is -0.492 e. The lowest BCUT2D eigenvalue weighted by Gasteiger charge is -2.08. The van der Waals surface area contributed by atoms with E-state index in [-0.39, 0.29) is 5.02 Å². The number of ether oxygens (including phenoxy) is 1. The number of hydrogen-bond acceptors (Lipinski definition) is 2. The molecular formula is C12H15BrClFOS. The number of thiol groups is 1. The van der Waals surface area contributed by atoms with Gasteiger partial charge in [0.2, 0.25) is 0 Å². The third-order valence-electron chi connectivity index (χ3n) is 2.28. The molecule has 0 radical (unpaired) electrons. The van der Waals surface area contributed by atoms with Crippen LogP contribution in [0.5, 0.6) is 5.75 Å². The number of unbranched alkanes of at least 4 members (excludes halogenated alkanes) is 3. The van der Waals surface area contributed by atoms with Gasteiger partial charge in [-0.3, -0.25) is 0 Å². The first-order valence-corrected chi connectivity index (χ1v) is 7.33. The van der Waals surface area contributed by atoms with Crippen molar-refractivity contribution in [2.75, 3.05) is 12.4 Å². The summed E-state index contributed by atoms with van der Waals surface area (Å²) in [5, 5.41) is 0.0954. The van der Waals surface area contributed by atoms with Crippen LogP contribution in [0.15, 0.2) is 16.6 Å². The zero-order valence-corrected chi connectivity index (χ0v) is 12.6. The number of benzene rings is 1. The molecule has 0 atom stereocenters. The molecule has 0 aliphatic carbocycles. The highest BCUT2D eigenvalue weighted by atomic mass is 79.9. The molecule has 0 amide bonds. The van der Waals surface area contributed by atoms with Crippen molar-refractivity contribution in [2.24, 2.45) is 0 Å². The van der Waals surface area contributed by atoms with Crippen molar-refractivity contribution in [3.8, 4) is 5.75 Å². The van der Waals surface area contributed by atoms with Crippen LogP contribution in [0, 0.1) is 5.82 Å². The summed E-state index contributed by atoms with van der Waals surface area (Å²) in [4.78, 5) is 0. The van der Waals surface area contributed by atoms with Gasteiger partial charge in [-0.15, -0.1) is 0 Å². The molecule has 1 aromatic carbocycles. The summed E-state index contributed by atoms with van der Waals surface area (Å²) < 4.78 is 19.4. The average molecular weight is 342 g/mol. The predicted molar refractivity (Wildman–Crippen MR) is 76.9 cm³/mol. The summed E-state index contributed by atoms with van der Waals surface area (Å²) in [6.07, 6.45) is 4.35. The van der Waals surface area contributed by atoms with E-state index in [9.17, 15) is 4.39 Å². The van der Waals surface area contributed by atoms with Crippen LogP contribution in [0.25, 0.3) is 0 Å². The molecule has 96 valence electrons. The van der Waals surface area contributed by atoms with Crippen LogP contribution in [0.1, 0.15) is 25.7 Å². The first-order chi connectivity index (χ1) is 8.15. The first kappa shape index (κ1) is 15.1. The van der Waals surface area contributed by atoms with Gasteiger partial charge in [-0.05, 0) is 40.6 Å². The fourth-order valence-electron chi connectivity index (χ4n) is 1.36. The normalized spacial score (nSPS) is 10.6. The van der Waals surface area contributed by atoms with Gasteiger partial charge in [0.15, 0.2) is 0 Å². The quantitative estimate of drug-likeness (QED) is 0.412. The third kappa shape index (κ3) is 5.49. The van der Waals surface area contributed by atoms with E-state index in [0.29, 0.717) is 16.8 Å². The lowest BCUT2D eigenvalue weighted by molar-refractivity contribution is 0.302. The molecule has 0 N–H and O–H groups in total. The van der Waals surface area contributed by atoms with Crippen LogP contribution in [-0.4, -0.2) is 12.4 Å². The van der Waals surface area contributed by atoms with Crippen LogP contribution in [0.2, 0.25) is 5.02 Å². The van der Waals surface area contributed by atoms with E-state index in [4.69, 9.17) is 16.3 Å². The molecule has 0 saturated carbocycles. The molecule has 0 spiro atoms. The summed E-state index contributed by atoms with van der Waals surface area (Å²) in [6.45, 7) is 0.590. The number of halogens is 3. The second-order valence-corrected chi connectivity index (χ2v) is 5.39. The molecule has 0 heterocycles. The Bertz CT molecular complexity index is 363. The molecule has 1 aromatic rings. The minimum absolute atomic E-state index is 0.0954. The summed E-state index contributed by atoms with van der Waals surface area (Å²) in [5.74, 6) is 0.968. The topological polar surface area (TPSA) is 9.23 Å². The monoisotopic (exact) mass is 340 g/mol. The Hall–Kier alpha value is 0.0700. The van der Waals surface area contributed by atoms with Crippen molar-refractivity contribution in [1.82, 2.24) is 0 Å². The summed E-state index contributed by atoms with van der Waals surface area (Å²) in [5.41, 5.74) is 0. The van der Waals surface area contributed by atoms with Crippen LogP contribution in [0.3, 0.4) is 0 Å². The highest BCUT2D eigenvalue weighted by Gasteiger charge is 2.07. The molecule has 0 aromatic heterocycles. The maximum Gasteiger partial charge on any atom is 0.145 e. The third-order valence-corrected chi connectivity index (χ3v) is 3.51. The van der Waals surface area contributed by atoms with Gasteiger partial charge >= 0.3 is 0 Å². The lowest BCUT2D eigenvalue weighted by Crippen LogP contribution is -1.98. The van der Waals surface area contributed by atoms with E-state index < -0.39 is 5.82 Å². The summed E-state index contributed by atoms with van der Waals surface area (Å²) in [7, 11) is 0. The maximum absolute atomic E-state index is 13.2. The van der Waals surface area contributed by atoms with Crippen molar-refractivity contribution < 1.29 is 9.13 Å². The van der Waals surface area contributed by atoms with Gasteiger partial charge in [0, 0.05) is 6.07 Å². The second kappa shape index (κ2) is 8.22. The van der Waals surface area contributed by atoms with Gasteiger partial charge < -0.3 is 4.74 Å². The molecular weight excluding hydrogens is 327 g/mol. The Morgan fingerprint density at radius 1 is 1.24 bits per heavy atom. The second-order valence-electron chi connectivity index (χ2n) is 3.68. The molecule has 0 aliphatic rings. The largest absolute Gasteiger partial charge is 0.492 e. The number of hydrogen-bond donors (Lipinski definition) is 1. The molecule has 0 bridgehead atoms. The smallest absolute Gasteiger partial charge is 0.145 e. The lowest BCUT2D eigenvalue weighted by atomic mass is 10.2. The van der Waals surface area contributed by atoms with E-state index in [1.54, 1.807) is 0 Å². The summed E-state index contributed by atoms with van der Waals surface area (Å²) >= 11 is 13.1. The predicted octanol–water partition coefficient (Wildman–Crippen LogP) is 5.11. The summed E-state index contributed by atoms with van der Waals surface area (Å²) in [6, 6.07) is 2.81. The highest BCUT2D eigenvalue weighted by molar-refractivity contribution is 9.10. The maximum atomic E-state index is 13.2. The van der Waals surface area contributed by atoms with Gasteiger partial charge in [0.05, 0.1) is 16.1 Å². The molecule has 0 aliphatic heterocycles. The molecule has 0 fully saturated rings. The first-order valence-electron chi connectivity index (χ1n) is 5.53. The van der Waals surface area contributed by atoms with Crippen molar-refractivity contribution >= 4 is 40.2 Å². The molecule has 5 heteroatoms. The van der Waals surface area contributed by atoms with Gasteiger partial charge in [-0.1, -0.05) is 24.4 Å². The molecule has 1 rings (SSSR count). The van der Waals surface area contributed by atoms with Gasteiger partial charge in [0.25, 0.3) is 0 Å². The zero-order chi connectivity index (χ0) is 12.7. The SMILES string of the molecule is Fc1cc(OCCCCCCS)c(Br)cc1Cl. The van der Waals surface area contributed by atoms with Crippen LogP contribution in [-0.2, 0) is 0 Å². The highest BCUT2D eigenvalue weighted by Crippen LogP contribution is 2.30. The molecule has 0 saturated heterocycles. The fraction of sp³-hybridized carbons (Fsp3) is 0.500. The minimum atomic E-state index is -0.458. The Balaban J connectivity index is 2.34. The fourth-order valence-corrected chi connectivity index (χ4v) is 2.34. The van der Waals surface area contributed by atoms with E-state index >= 15 is 0 Å². The Labute approximate surface area is 120 Å². The van der Waals surface area contributed by atoms with Crippen molar-refractivity contribution in [2.45, 2.75) is 25.7 Å². The van der Waals surface area contributed by atoms with Gasteiger partial charge in [-0.25, -0.2) is 4.39 Å². The Morgan fingerprint density at radius 2 is 1.94 bits per heavy atom. The van der Waals surface area contributed by atoms with Crippen molar-refractivity contribution in [1.29, 1.82) is 0 Å². The van der Waals surface area contributed by atoms with Crippen LogP contribution in [0.4, 0.5) is 4.39 Å². The van der Waals surface area contributed by atoms with E-state index in [1.165, 1.54) is 12.1 Å². The molecule has 17 heavy (non-hydrogen) atoms. The van der Waals surface area contributed by atoms with Crippen molar-refractivity contribution in [3.05, 3.63) is 27.4 Å². The number of rotatable bonds is 7. The van der Waals surface area contributed by atoms with Crippen LogP contribution >= 0.6 is 40.2 Å².